The van der Waals surface area contributed by atoms with Crippen LogP contribution in [-0.2, 0) is 17.9 Å². The van der Waals surface area contributed by atoms with Crippen LogP contribution in [0.3, 0.4) is 0 Å². The van der Waals surface area contributed by atoms with Crippen LogP contribution < -0.4 is 4.57 Å². The van der Waals surface area contributed by atoms with Gasteiger partial charge in [-0.15, -0.1) is 0 Å². The Morgan fingerprint density at radius 2 is 1.48 bits per heavy atom. The molecule has 2 nitrogen and oxygen atoms in total. The van der Waals surface area contributed by atoms with Gasteiger partial charge in [0, 0.05) is 40.7 Å². The van der Waals surface area contributed by atoms with Gasteiger partial charge in [-0.25, -0.2) is 4.57 Å². The summed E-state index contributed by atoms with van der Waals surface area (Å²) in [5, 5.41) is 2.53. The highest BCUT2D eigenvalue weighted by Gasteiger charge is 2.48. The van der Waals surface area contributed by atoms with Gasteiger partial charge in [-0.05, 0) is 58.7 Å². The summed E-state index contributed by atoms with van der Waals surface area (Å²) in [7, 11) is 2.15. The second-order valence-corrected chi connectivity index (χ2v) is 10.2. The zero-order valence-electron chi connectivity index (χ0n) is 19.7. The van der Waals surface area contributed by atoms with Crippen LogP contribution in [0.5, 0.6) is 0 Å². The van der Waals surface area contributed by atoms with Crippen molar-refractivity contribution >= 4 is 10.8 Å². The quantitative estimate of drug-likeness (QED) is 0.326. The Hall–Kier alpha value is -3.00. The van der Waals surface area contributed by atoms with E-state index in [1.807, 2.05) is 12.4 Å². The molecule has 156 valence electrons. The standard InChI is InChI=1S/C29H31N2/c1-18-13-15-31(7)24(16-18)25-19(2)8-10-22-21-11-9-20-12-14-30-17-23(20)26(21)28(3,4)29(5,6)27(22)25/h8-17H,1-7H3/q+1. The maximum atomic E-state index is 4.49. The van der Waals surface area contributed by atoms with Gasteiger partial charge < -0.3 is 0 Å². The van der Waals surface area contributed by atoms with Gasteiger partial charge in [-0.1, -0.05) is 52.0 Å². The Bertz CT molecular complexity index is 1360. The molecule has 4 aromatic rings. The van der Waals surface area contributed by atoms with Gasteiger partial charge in [0.25, 0.3) is 0 Å². The number of hydrogen-bond acceptors (Lipinski definition) is 1. The number of rotatable bonds is 1. The predicted molar refractivity (Wildman–Crippen MR) is 129 cm³/mol. The number of nitrogens with zero attached hydrogens (tertiary/aromatic N) is 2. The first-order valence-electron chi connectivity index (χ1n) is 11.1. The van der Waals surface area contributed by atoms with Gasteiger partial charge in [-0.3, -0.25) is 4.98 Å². The molecule has 2 heterocycles. The van der Waals surface area contributed by atoms with Crippen LogP contribution in [0, 0.1) is 13.8 Å². The van der Waals surface area contributed by atoms with Crippen molar-refractivity contribution in [2.75, 3.05) is 0 Å². The topological polar surface area (TPSA) is 16.8 Å². The Morgan fingerprint density at radius 3 is 2.26 bits per heavy atom. The molecule has 2 heteroatoms. The molecule has 0 atom stereocenters. The van der Waals surface area contributed by atoms with Crippen molar-refractivity contribution in [2.45, 2.75) is 52.4 Å². The fourth-order valence-corrected chi connectivity index (χ4v) is 5.52. The maximum Gasteiger partial charge on any atom is 0.213 e. The first-order valence-corrected chi connectivity index (χ1v) is 11.1. The minimum Gasteiger partial charge on any atom is -0.264 e. The van der Waals surface area contributed by atoms with Crippen molar-refractivity contribution in [1.29, 1.82) is 0 Å². The highest BCUT2D eigenvalue weighted by atomic mass is 14.9. The van der Waals surface area contributed by atoms with Crippen LogP contribution >= 0.6 is 0 Å². The summed E-state index contributed by atoms with van der Waals surface area (Å²) in [6.45, 7) is 14.1. The number of hydrogen-bond donors (Lipinski definition) is 0. The molecule has 2 aromatic carbocycles. The molecule has 0 radical (unpaired) electrons. The summed E-state index contributed by atoms with van der Waals surface area (Å²) < 4.78 is 2.26. The lowest BCUT2D eigenvalue weighted by Crippen LogP contribution is -2.45. The van der Waals surface area contributed by atoms with Crippen molar-refractivity contribution in [3.63, 3.8) is 0 Å². The highest BCUT2D eigenvalue weighted by molar-refractivity contribution is 5.96. The zero-order chi connectivity index (χ0) is 22.1. The Morgan fingerprint density at radius 1 is 0.806 bits per heavy atom. The average molecular weight is 408 g/mol. The third kappa shape index (κ3) is 2.64. The van der Waals surface area contributed by atoms with Crippen molar-refractivity contribution in [2.24, 2.45) is 7.05 Å². The van der Waals surface area contributed by atoms with Crippen LogP contribution in [-0.4, -0.2) is 4.98 Å². The van der Waals surface area contributed by atoms with E-state index in [0.717, 1.165) is 0 Å². The summed E-state index contributed by atoms with van der Waals surface area (Å²) in [4.78, 5) is 4.49. The molecule has 0 bridgehead atoms. The molecule has 0 unspecified atom stereocenters. The van der Waals surface area contributed by atoms with Crippen LogP contribution in [0.15, 0.2) is 61.1 Å². The average Bonchev–Trinajstić information content (AvgIpc) is 2.73. The van der Waals surface area contributed by atoms with Crippen molar-refractivity contribution in [1.82, 2.24) is 4.98 Å². The van der Waals surface area contributed by atoms with Crippen molar-refractivity contribution < 1.29 is 4.57 Å². The molecular formula is C29H31N2+. The van der Waals surface area contributed by atoms with Gasteiger partial charge in [0.1, 0.15) is 7.05 Å². The molecule has 1 aliphatic rings. The number of benzene rings is 2. The second kappa shape index (κ2) is 6.50. The molecular weight excluding hydrogens is 376 g/mol. The number of pyridine rings is 2. The predicted octanol–water partition coefficient (Wildman–Crippen LogP) is 6.58. The maximum absolute atomic E-state index is 4.49. The van der Waals surface area contributed by atoms with Crippen LogP contribution in [0.2, 0.25) is 0 Å². The van der Waals surface area contributed by atoms with Gasteiger partial charge in [0.15, 0.2) is 6.20 Å². The number of fused-ring (bicyclic) bond motifs is 5. The summed E-state index contributed by atoms with van der Waals surface area (Å²) in [6, 6.07) is 15.8. The van der Waals surface area contributed by atoms with Crippen LogP contribution in [0.1, 0.15) is 49.9 Å². The number of aryl methyl sites for hydroxylation is 3. The van der Waals surface area contributed by atoms with Gasteiger partial charge in [0.2, 0.25) is 5.69 Å². The Balaban J connectivity index is 1.97. The zero-order valence-corrected chi connectivity index (χ0v) is 19.7. The third-order valence-electron chi connectivity index (χ3n) is 7.90. The Kier molecular flexibility index (Phi) is 4.18. The minimum absolute atomic E-state index is 0.0667. The van der Waals surface area contributed by atoms with Crippen LogP contribution in [0.25, 0.3) is 33.2 Å². The summed E-state index contributed by atoms with van der Waals surface area (Å²) in [5.41, 5.74) is 10.7. The van der Waals surface area contributed by atoms with E-state index in [-0.39, 0.29) is 10.8 Å². The normalized spacial score (nSPS) is 16.1. The smallest absolute Gasteiger partial charge is 0.213 e. The molecule has 0 aliphatic heterocycles. The first kappa shape index (κ1) is 19.9. The monoisotopic (exact) mass is 407 g/mol. The molecule has 5 rings (SSSR count). The summed E-state index contributed by atoms with van der Waals surface area (Å²) >= 11 is 0. The summed E-state index contributed by atoms with van der Waals surface area (Å²) in [5.74, 6) is 0. The second-order valence-electron chi connectivity index (χ2n) is 10.2. The Labute approximate surface area is 185 Å². The van der Waals surface area contributed by atoms with Gasteiger partial charge in [0.05, 0.1) is 5.56 Å². The van der Waals surface area contributed by atoms with Gasteiger partial charge in [-0.2, -0.15) is 0 Å². The van der Waals surface area contributed by atoms with E-state index in [1.165, 1.54) is 55.4 Å². The lowest BCUT2D eigenvalue weighted by molar-refractivity contribution is -0.660. The SMILES string of the molecule is Cc1cc[n+](C)c(-c2c(C)ccc3c2C(C)(C)C(C)(C)c2c-3ccc3ccncc23)c1. The minimum atomic E-state index is -0.0719. The highest BCUT2D eigenvalue weighted by Crippen LogP contribution is 2.57. The van der Waals surface area contributed by atoms with Gasteiger partial charge >= 0.3 is 0 Å². The molecule has 0 amide bonds. The molecule has 0 saturated carbocycles. The van der Waals surface area contributed by atoms with Crippen LogP contribution in [0.4, 0.5) is 0 Å². The molecule has 2 aromatic heterocycles. The van der Waals surface area contributed by atoms with E-state index in [0.29, 0.717) is 0 Å². The summed E-state index contributed by atoms with van der Waals surface area (Å²) in [6.07, 6.45) is 6.12. The van der Waals surface area contributed by atoms with E-state index >= 15 is 0 Å². The first-order chi connectivity index (χ1) is 14.6. The van der Waals surface area contributed by atoms with E-state index in [1.54, 1.807) is 0 Å². The van der Waals surface area contributed by atoms with E-state index < -0.39 is 0 Å². The molecule has 31 heavy (non-hydrogen) atoms. The van der Waals surface area contributed by atoms with Crippen molar-refractivity contribution in [3.05, 3.63) is 83.3 Å². The molecule has 1 aliphatic carbocycles. The molecule has 0 N–H and O–H groups in total. The molecule has 0 spiro atoms. The fraction of sp³-hybridized carbons (Fsp3) is 0.310. The lowest BCUT2D eigenvalue weighted by atomic mass is 9.53. The van der Waals surface area contributed by atoms with E-state index in [4.69, 9.17) is 0 Å². The van der Waals surface area contributed by atoms with Crippen molar-refractivity contribution in [3.8, 4) is 22.4 Å². The molecule has 0 saturated heterocycles. The van der Waals surface area contributed by atoms with E-state index in [2.05, 4.69) is 107 Å². The largest absolute Gasteiger partial charge is 0.264 e. The molecule has 0 fully saturated rings. The third-order valence-corrected chi connectivity index (χ3v) is 7.90. The lowest BCUT2D eigenvalue weighted by Gasteiger charge is -2.49. The van der Waals surface area contributed by atoms with E-state index in [9.17, 15) is 0 Å². The number of aromatic nitrogens is 2. The fourth-order valence-electron chi connectivity index (χ4n) is 5.52.